The third kappa shape index (κ3) is 3.87. The van der Waals surface area contributed by atoms with E-state index in [2.05, 4.69) is 32.4 Å². The first-order chi connectivity index (χ1) is 13.6. The van der Waals surface area contributed by atoms with Gasteiger partial charge in [-0.2, -0.15) is 0 Å². The molecule has 8 heteroatoms. The third-order valence-electron chi connectivity index (χ3n) is 4.74. The van der Waals surface area contributed by atoms with Gasteiger partial charge < -0.3 is 10.2 Å². The van der Waals surface area contributed by atoms with Gasteiger partial charge in [0.05, 0.1) is 11.7 Å². The molecule has 1 aromatic carbocycles. The van der Waals surface area contributed by atoms with E-state index in [1.807, 2.05) is 48.2 Å². The van der Waals surface area contributed by atoms with Crippen molar-refractivity contribution in [2.45, 2.75) is 39.2 Å². The number of nitrogens with zero attached hydrogens (tertiary/aromatic N) is 5. The van der Waals surface area contributed by atoms with E-state index in [0.29, 0.717) is 22.3 Å². The number of aromatic nitrogens is 4. The largest absolute Gasteiger partial charge is 0.330 e. The molecule has 1 fully saturated rings. The van der Waals surface area contributed by atoms with Crippen LogP contribution in [0, 0.1) is 6.92 Å². The second-order valence-electron chi connectivity index (χ2n) is 6.73. The topological polar surface area (TPSA) is 83.9 Å². The normalized spacial score (nSPS) is 16.4. The van der Waals surface area contributed by atoms with Gasteiger partial charge in [-0.05, 0) is 38.3 Å². The van der Waals surface area contributed by atoms with Crippen molar-refractivity contribution in [1.29, 1.82) is 0 Å². The molecule has 1 N–H and O–H groups in total. The molecule has 0 saturated carbocycles. The van der Waals surface area contributed by atoms with Crippen molar-refractivity contribution in [2.75, 3.05) is 11.9 Å². The summed E-state index contributed by atoms with van der Waals surface area (Å²) >= 11 is 1.52. The lowest BCUT2D eigenvalue weighted by Gasteiger charge is -2.25. The van der Waals surface area contributed by atoms with Crippen molar-refractivity contribution in [1.82, 2.24) is 25.1 Å². The Bertz CT molecular complexity index is 974. The lowest BCUT2D eigenvalue weighted by Crippen LogP contribution is -2.31. The Morgan fingerprint density at radius 3 is 2.82 bits per heavy atom. The molecule has 0 radical (unpaired) electrons. The van der Waals surface area contributed by atoms with Crippen molar-refractivity contribution >= 4 is 28.2 Å². The minimum Gasteiger partial charge on any atom is -0.330 e. The van der Waals surface area contributed by atoms with E-state index in [-0.39, 0.29) is 11.9 Å². The maximum absolute atomic E-state index is 13.0. The van der Waals surface area contributed by atoms with E-state index in [1.165, 1.54) is 11.3 Å². The number of carbonyl (C=O) groups excluding carboxylic acids is 1. The molecule has 0 spiro atoms. The molecular formula is C20H22N6OS. The third-order valence-corrected chi connectivity index (χ3v) is 5.72. The van der Waals surface area contributed by atoms with Gasteiger partial charge in [-0.25, -0.2) is 9.97 Å². The van der Waals surface area contributed by atoms with Crippen LogP contribution in [0.5, 0.6) is 0 Å². The zero-order valence-electron chi connectivity index (χ0n) is 15.9. The molecule has 2 aromatic heterocycles. The molecule has 1 aliphatic heterocycles. The van der Waals surface area contributed by atoms with Crippen LogP contribution in [0.2, 0.25) is 0 Å². The van der Waals surface area contributed by atoms with Crippen molar-refractivity contribution < 1.29 is 4.79 Å². The van der Waals surface area contributed by atoms with E-state index in [4.69, 9.17) is 0 Å². The van der Waals surface area contributed by atoms with Crippen LogP contribution in [0.1, 0.15) is 52.7 Å². The number of nitrogens with one attached hydrogen (secondary N) is 1. The van der Waals surface area contributed by atoms with E-state index in [0.717, 1.165) is 36.5 Å². The van der Waals surface area contributed by atoms with E-state index >= 15 is 0 Å². The molecule has 3 heterocycles. The van der Waals surface area contributed by atoms with Crippen LogP contribution in [0.25, 0.3) is 0 Å². The SMILES string of the molecule is CCc1nnc(Nc2cc([C@@H]3CCCN3C(=O)c3ccccc3)nc(C)n2)s1. The zero-order valence-corrected chi connectivity index (χ0v) is 16.7. The fraction of sp³-hybridized carbons (Fsp3) is 0.350. The first-order valence-electron chi connectivity index (χ1n) is 9.45. The molecular weight excluding hydrogens is 372 g/mol. The molecule has 144 valence electrons. The van der Waals surface area contributed by atoms with Gasteiger partial charge in [0.1, 0.15) is 16.6 Å². The monoisotopic (exact) mass is 394 g/mol. The van der Waals surface area contributed by atoms with Gasteiger partial charge in [0.25, 0.3) is 5.91 Å². The van der Waals surface area contributed by atoms with Crippen molar-refractivity contribution in [3.63, 3.8) is 0 Å². The number of amides is 1. The van der Waals surface area contributed by atoms with Crippen LogP contribution in [0.15, 0.2) is 36.4 Å². The van der Waals surface area contributed by atoms with Crippen molar-refractivity contribution in [3.05, 3.63) is 58.5 Å². The minimum absolute atomic E-state index is 0.0458. The first kappa shape index (κ1) is 18.5. The molecule has 1 amide bonds. The van der Waals surface area contributed by atoms with Crippen LogP contribution in [0.3, 0.4) is 0 Å². The highest BCUT2D eigenvalue weighted by molar-refractivity contribution is 7.15. The molecule has 4 rings (SSSR count). The number of benzene rings is 1. The summed E-state index contributed by atoms with van der Waals surface area (Å²) < 4.78 is 0. The Kier molecular flexibility index (Phi) is 5.29. The van der Waals surface area contributed by atoms with Gasteiger partial charge in [0.2, 0.25) is 5.13 Å². The number of anilines is 2. The number of hydrogen-bond acceptors (Lipinski definition) is 7. The van der Waals surface area contributed by atoms with E-state index < -0.39 is 0 Å². The summed E-state index contributed by atoms with van der Waals surface area (Å²) in [6.45, 7) is 4.65. The van der Waals surface area contributed by atoms with Gasteiger partial charge in [-0.3, -0.25) is 4.79 Å². The highest BCUT2D eigenvalue weighted by Crippen LogP contribution is 2.33. The molecule has 0 bridgehead atoms. The fourth-order valence-electron chi connectivity index (χ4n) is 3.45. The molecule has 1 aliphatic rings. The first-order valence-corrected chi connectivity index (χ1v) is 10.3. The summed E-state index contributed by atoms with van der Waals surface area (Å²) in [7, 11) is 0. The van der Waals surface area contributed by atoms with Crippen LogP contribution in [-0.4, -0.2) is 37.5 Å². The predicted molar refractivity (Wildman–Crippen MR) is 109 cm³/mol. The van der Waals surface area contributed by atoms with Crippen LogP contribution in [0.4, 0.5) is 10.9 Å². The number of likely N-dealkylation sites (tertiary alicyclic amines) is 1. The Morgan fingerprint density at radius 2 is 2.07 bits per heavy atom. The van der Waals surface area contributed by atoms with Crippen LogP contribution in [-0.2, 0) is 6.42 Å². The summed E-state index contributed by atoms with van der Waals surface area (Å²) in [6.07, 6.45) is 2.71. The standard InChI is InChI=1S/C20H22N6OS/c1-3-18-24-25-20(28-18)23-17-12-15(21-13(2)22-17)16-10-7-11-26(16)19(27)14-8-5-4-6-9-14/h4-6,8-9,12,16H,3,7,10-11H2,1-2H3,(H,21,22,23,25)/t16-/m0/s1. The maximum Gasteiger partial charge on any atom is 0.254 e. The number of aryl methyl sites for hydroxylation is 2. The summed E-state index contributed by atoms with van der Waals surface area (Å²) in [5.41, 5.74) is 1.57. The quantitative estimate of drug-likeness (QED) is 0.706. The Hall–Kier alpha value is -2.87. The maximum atomic E-state index is 13.0. The Labute approximate surface area is 167 Å². The summed E-state index contributed by atoms with van der Waals surface area (Å²) in [4.78, 5) is 24.0. The van der Waals surface area contributed by atoms with Gasteiger partial charge in [0.15, 0.2) is 0 Å². The Morgan fingerprint density at radius 1 is 1.25 bits per heavy atom. The molecule has 7 nitrogen and oxygen atoms in total. The average molecular weight is 395 g/mol. The van der Waals surface area contributed by atoms with Crippen LogP contribution < -0.4 is 5.32 Å². The van der Waals surface area contributed by atoms with Gasteiger partial charge in [0, 0.05) is 18.2 Å². The summed E-state index contributed by atoms with van der Waals surface area (Å²) in [5, 5.41) is 13.2. The second-order valence-corrected chi connectivity index (χ2v) is 7.79. The Balaban J connectivity index is 1.59. The lowest BCUT2D eigenvalue weighted by atomic mass is 10.1. The fourth-order valence-corrected chi connectivity index (χ4v) is 4.13. The summed E-state index contributed by atoms with van der Waals surface area (Å²) in [6, 6.07) is 11.3. The smallest absolute Gasteiger partial charge is 0.254 e. The lowest BCUT2D eigenvalue weighted by molar-refractivity contribution is 0.0732. The minimum atomic E-state index is -0.0458. The molecule has 0 unspecified atom stereocenters. The number of hydrogen-bond donors (Lipinski definition) is 1. The van der Waals surface area contributed by atoms with Gasteiger partial charge in [-0.15, -0.1) is 10.2 Å². The predicted octanol–water partition coefficient (Wildman–Crippen LogP) is 3.92. The molecule has 3 aromatic rings. The molecule has 1 saturated heterocycles. The number of rotatable bonds is 5. The summed E-state index contributed by atoms with van der Waals surface area (Å²) in [5.74, 6) is 1.39. The van der Waals surface area contributed by atoms with Crippen LogP contribution >= 0.6 is 11.3 Å². The van der Waals surface area contributed by atoms with Gasteiger partial charge in [-0.1, -0.05) is 36.5 Å². The van der Waals surface area contributed by atoms with Gasteiger partial charge >= 0.3 is 0 Å². The zero-order chi connectivity index (χ0) is 19.5. The molecule has 28 heavy (non-hydrogen) atoms. The van der Waals surface area contributed by atoms with Crippen molar-refractivity contribution in [2.24, 2.45) is 0 Å². The molecule has 1 atom stereocenters. The highest BCUT2D eigenvalue weighted by atomic mass is 32.1. The highest BCUT2D eigenvalue weighted by Gasteiger charge is 2.32. The average Bonchev–Trinajstić information content (AvgIpc) is 3.37. The number of carbonyl (C=O) groups is 1. The second kappa shape index (κ2) is 8.02. The van der Waals surface area contributed by atoms with Crippen molar-refractivity contribution in [3.8, 4) is 0 Å². The van der Waals surface area contributed by atoms with E-state index in [9.17, 15) is 4.79 Å². The van der Waals surface area contributed by atoms with E-state index in [1.54, 1.807) is 0 Å². The molecule has 0 aliphatic carbocycles.